The van der Waals surface area contributed by atoms with Gasteiger partial charge in [0.25, 0.3) is 5.69 Å². The summed E-state index contributed by atoms with van der Waals surface area (Å²) in [6.07, 6.45) is -0.212. The van der Waals surface area contributed by atoms with E-state index in [0.717, 1.165) is 6.04 Å². The lowest BCUT2D eigenvalue weighted by Crippen LogP contribution is -2.36. The Morgan fingerprint density at radius 2 is 2.05 bits per heavy atom. The van der Waals surface area contributed by atoms with E-state index in [1.165, 1.54) is 12.1 Å². The standard InChI is InChI=1S/C16H24N2O3Si/c1-16(2,3)12-22(4,5)21-15(9-10-17)13-7-6-8-14(11-13)18(19)20/h6-8,11,15H,9,12H2,1-5H3. The lowest BCUT2D eigenvalue weighted by Gasteiger charge is -2.33. The summed E-state index contributed by atoms with van der Waals surface area (Å²) in [6, 6.07) is 9.46. The second-order valence-corrected chi connectivity index (χ2v) is 11.4. The van der Waals surface area contributed by atoms with Crippen molar-refractivity contribution in [1.82, 2.24) is 0 Å². The van der Waals surface area contributed by atoms with E-state index in [2.05, 4.69) is 39.9 Å². The Bertz CT molecular complexity index is 573. The van der Waals surface area contributed by atoms with Gasteiger partial charge in [0.05, 0.1) is 23.5 Å². The number of rotatable bonds is 6. The molecule has 0 aliphatic heterocycles. The summed E-state index contributed by atoms with van der Waals surface area (Å²) in [5.41, 5.74) is 0.875. The van der Waals surface area contributed by atoms with Crippen LogP contribution in [0.25, 0.3) is 0 Å². The normalized spacial score (nSPS) is 13.5. The zero-order chi connectivity index (χ0) is 17.0. The average Bonchev–Trinajstić information content (AvgIpc) is 2.35. The number of benzene rings is 1. The molecule has 1 aromatic carbocycles. The highest BCUT2D eigenvalue weighted by Gasteiger charge is 2.32. The number of nitrogens with zero attached hydrogens (tertiary/aromatic N) is 2. The minimum atomic E-state index is -1.99. The van der Waals surface area contributed by atoms with E-state index in [1.54, 1.807) is 12.1 Å². The Morgan fingerprint density at radius 3 is 2.55 bits per heavy atom. The van der Waals surface area contributed by atoms with Gasteiger partial charge in [-0.1, -0.05) is 32.9 Å². The Kier molecular flexibility index (Phi) is 5.86. The van der Waals surface area contributed by atoms with Crippen molar-refractivity contribution < 1.29 is 9.35 Å². The van der Waals surface area contributed by atoms with Crippen LogP contribution in [0.1, 0.15) is 38.9 Å². The highest BCUT2D eigenvalue weighted by molar-refractivity contribution is 6.71. The Balaban J connectivity index is 3.02. The molecule has 0 fully saturated rings. The van der Waals surface area contributed by atoms with E-state index in [-0.39, 0.29) is 17.5 Å². The van der Waals surface area contributed by atoms with E-state index in [4.69, 9.17) is 9.69 Å². The summed E-state index contributed by atoms with van der Waals surface area (Å²) < 4.78 is 6.27. The zero-order valence-electron chi connectivity index (χ0n) is 13.9. The molecule has 0 amide bonds. The molecule has 6 heteroatoms. The highest BCUT2D eigenvalue weighted by Crippen LogP contribution is 2.34. The van der Waals surface area contributed by atoms with Crippen molar-refractivity contribution >= 4 is 14.0 Å². The minimum absolute atomic E-state index is 0.0272. The van der Waals surface area contributed by atoms with Crippen LogP contribution >= 0.6 is 0 Å². The molecule has 0 saturated carbocycles. The first kappa shape index (κ1) is 18.3. The van der Waals surface area contributed by atoms with Crippen molar-refractivity contribution in [2.75, 3.05) is 0 Å². The highest BCUT2D eigenvalue weighted by atomic mass is 28.4. The van der Waals surface area contributed by atoms with Gasteiger partial charge < -0.3 is 4.43 Å². The Labute approximate surface area is 133 Å². The van der Waals surface area contributed by atoms with Gasteiger partial charge in [0.2, 0.25) is 0 Å². The van der Waals surface area contributed by atoms with Crippen molar-refractivity contribution in [2.24, 2.45) is 5.41 Å². The molecule has 1 atom stereocenters. The molecule has 120 valence electrons. The van der Waals surface area contributed by atoms with Crippen molar-refractivity contribution in [2.45, 2.75) is 52.4 Å². The van der Waals surface area contributed by atoms with Gasteiger partial charge in [-0.15, -0.1) is 0 Å². The molecule has 22 heavy (non-hydrogen) atoms. The fourth-order valence-corrected chi connectivity index (χ4v) is 6.48. The van der Waals surface area contributed by atoms with Crippen molar-refractivity contribution in [1.29, 1.82) is 5.26 Å². The largest absolute Gasteiger partial charge is 0.409 e. The molecule has 0 heterocycles. The number of hydrogen-bond acceptors (Lipinski definition) is 4. The third-order valence-electron chi connectivity index (χ3n) is 3.15. The minimum Gasteiger partial charge on any atom is -0.409 e. The summed E-state index contributed by atoms with van der Waals surface area (Å²) in [5, 5.41) is 20.0. The molecule has 5 nitrogen and oxygen atoms in total. The van der Waals surface area contributed by atoms with Crippen molar-refractivity contribution in [3.05, 3.63) is 39.9 Å². The molecule has 0 aromatic heterocycles. The fraction of sp³-hybridized carbons (Fsp3) is 0.562. The molecule has 0 N–H and O–H groups in total. The third kappa shape index (κ3) is 5.96. The van der Waals surface area contributed by atoms with Crippen LogP contribution in [-0.4, -0.2) is 13.2 Å². The van der Waals surface area contributed by atoms with Gasteiger partial charge in [0, 0.05) is 12.1 Å². The molecule has 0 saturated heterocycles. The molecule has 0 spiro atoms. The van der Waals surface area contributed by atoms with Crippen LogP contribution in [-0.2, 0) is 4.43 Å². The Hall–Kier alpha value is -1.71. The molecule has 0 radical (unpaired) electrons. The second-order valence-electron chi connectivity index (χ2n) is 7.32. The predicted octanol–water partition coefficient (Wildman–Crippen LogP) is 4.82. The fourth-order valence-electron chi connectivity index (χ4n) is 2.85. The zero-order valence-corrected chi connectivity index (χ0v) is 14.9. The van der Waals surface area contributed by atoms with Gasteiger partial charge in [-0.3, -0.25) is 10.1 Å². The van der Waals surface area contributed by atoms with Gasteiger partial charge in [-0.2, -0.15) is 5.26 Å². The quantitative estimate of drug-likeness (QED) is 0.428. The lowest BCUT2D eigenvalue weighted by molar-refractivity contribution is -0.385. The maximum absolute atomic E-state index is 10.9. The number of non-ortho nitro benzene ring substituents is 1. The Morgan fingerprint density at radius 1 is 1.41 bits per heavy atom. The van der Waals surface area contributed by atoms with E-state index in [1.807, 2.05) is 0 Å². The maximum Gasteiger partial charge on any atom is 0.269 e. The van der Waals surface area contributed by atoms with E-state index >= 15 is 0 Å². The van der Waals surface area contributed by atoms with Crippen molar-refractivity contribution in [3.63, 3.8) is 0 Å². The number of nitro groups is 1. The number of nitriles is 1. The molecule has 0 aliphatic carbocycles. The summed E-state index contributed by atoms with van der Waals surface area (Å²) in [5.74, 6) is 0. The van der Waals surface area contributed by atoms with Gasteiger partial charge in [0.15, 0.2) is 8.32 Å². The van der Waals surface area contributed by atoms with Crippen molar-refractivity contribution in [3.8, 4) is 6.07 Å². The van der Waals surface area contributed by atoms with Crippen LogP contribution in [0.4, 0.5) is 5.69 Å². The molecular weight excluding hydrogens is 296 g/mol. The molecule has 0 aliphatic rings. The summed E-state index contributed by atoms with van der Waals surface area (Å²) in [7, 11) is -1.99. The lowest BCUT2D eigenvalue weighted by atomic mass is 10.0. The molecular formula is C16H24N2O3Si. The molecule has 1 unspecified atom stereocenters. The summed E-state index contributed by atoms with van der Waals surface area (Å²) in [6.45, 7) is 10.7. The van der Waals surface area contributed by atoms with E-state index in [9.17, 15) is 10.1 Å². The average molecular weight is 320 g/mol. The van der Waals surface area contributed by atoms with Crippen LogP contribution in [0.5, 0.6) is 0 Å². The predicted molar refractivity (Wildman–Crippen MR) is 88.9 cm³/mol. The molecule has 1 aromatic rings. The second kappa shape index (κ2) is 7.03. The van der Waals surface area contributed by atoms with Crippen LogP contribution < -0.4 is 0 Å². The van der Waals surface area contributed by atoms with Gasteiger partial charge in [0.1, 0.15) is 0 Å². The topological polar surface area (TPSA) is 76.2 Å². The van der Waals surface area contributed by atoms with E-state index in [0.29, 0.717) is 5.56 Å². The first-order valence-corrected chi connectivity index (χ1v) is 10.4. The van der Waals surface area contributed by atoms with Gasteiger partial charge in [-0.05, 0) is 30.1 Å². The third-order valence-corrected chi connectivity index (χ3v) is 5.98. The first-order chi connectivity index (χ1) is 10.0. The van der Waals surface area contributed by atoms with E-state index < -0.39 is 19.3 Å². The van der Waals surface area contributed by atoms with Crippen LogP contribution in [0, 0.1) is 26.9 Å². The SMILES string of the molecule is CC(C)(C)C[Si](C)(C)OC(CC#N)c1cccc([N+](=O)[O-])c1. The molecule has 0 bridgehead atoms. The van der Waals surface area contributed by atoms with Gasteiger partial charge in [-0.25, -0.2) is 0 Å². The summed E-state index contributed by atoms with van der Waals surface area (Å²) >= 11 is 0. The van der Waals surface area contributed by atoms with Gasteiger partial charge >= 0.3 is 0 Å². The smallest absolute Gasteiger partial charge is 0.269 e. The number of hydrogen-bond donors (Lipinski definition) is 0. The van der Waals surface area contributed by atoms with Crippen LogP contribution in [0.3, 0.4) is 0 Å². The summed E-state index contributed by atoms with van der Waals surface area (Å²) in [4.78, 5) is 10.5. The first-order valence-electron chi connectivity index (χ1n) is 7.33. The molecule has 1 rings (SSSR count). The number of nitro benzene ring substituents is 1. The van der Waals surface area contributed by atoms with Crippen LogP contribution in [0.15, 0.2) is 24.3 Å². The monoisotopic (exact) mass is 320 g/mol. The maximum atomic E-state index is 10.9. The van der Waals surface area contributed by atoms with Crippen LogP contribution in [0.2, 0.25) is 19.1 Å².